The predicted molar refractivity (Wildman–Crippen MR) is 81.0 cm³/mol. The monoisotopic (exact) mass is 307 g/mol. The molecule has 21 heavy (non-hydrogen) atoms. The third-order valence-electron chi connectivity index (χ3n) is 3.56. The Kier molecular flexibility index (Phi) is 4.05. The number of carbonyl (C=O) groups excluding carboxylic acids is 2. The van der Waals surface area contributed by atoms with Gasteiger partial charge in [-0.1, -0.05) is 11.8 Å². The molecule has 1 fully saturated rings. The molecule has 112 valence electrons. The Labute approximate surface area is 127 Å². The number of thioether (sulfide) groups is 1. The summed E-state index contributed by atoms with van der Waals surface area (Å²) in [5, 5.41) is 0.0974. The normalized spacial score (nSPS) is 20.7. The number of benzene rings is 1. The Morgan fingerprint density at radius 2 is 2.10 bits per heavy atom. The maximum Gasteiger partial charge on any atom is 0.227 e. The van der Waals surface area contributed by atoms with Crippen LogP contribution >= 0.6 is 11.8 Å². The van der Waals surface area contributed by atoms with E-state index in [4.69, 9.17) is 9.47 Å². The van der Waals surface area contributed by atoms with Crippen molar-refractivity contribution in [3.8, 4) is 11.5 Å². The fraction of sp³-hybridized carbons (Fsp3) is 0.467. The molecule has 0 saturated carbocycles. The Bertz CT molecular complexity index is 575. The lowest BCUT2D eigenvalue weighted by atomic mass is 10.1. The van der Waals surface area contributed by atoms with E-state index in [9.17, 15) is 9.59 Å². The summed E-state index contributed by atoms with van der Waals surface area (Å²) in [5.41, 5.74) is 0.833. The topological polar surface area (TPSA) is 55.8 Å². The average Bonchev–Trinajstić information content (AvgIpc) is 2.86. The first-order valence-electron chi connectivity index (χ1n) is 6.97. The smallest absolute Gasteiger partial charge is 0.227 e. The van der Waals surface area contributed by atoms with Crippen LogP contribution in [0.25, 0.3) is 0 Å². The highest BCUT2D eigenvalue weighted by Crippen LogP contribution is 2.36. The van der Waals surface area contributed by atoms with E-state index in [1.54, 1.807) is 11.8 Å². The Balaban J connectivity index is 1.72. The molecule has 0 N–H and O–H groups in total. The van der Waals surface area contributed by atoms with E-state index in [-0.39, 0.29) is 16.9 Å². The Morgan fingerprint density at radius 3 is 2.86 bits per heavy atom. The molecule has 5 nitrogen and oxygen atoms in total. The van der Waals surface area contributed by atoms with Crippen molar-refractivity contribution in [3.63, 3.8) is 0 Å². The zero-order chi connectivity index (χ0) is 14.8. The maximum absolute atomic E-state index is 12.2. The second-order valence-corrected chi connectivity index (χ2v) is 6.40. The highest BCUT2D eigenvalue weighted by Gasteiger charge is 2.31. The standard InChI is InChI=1S/C15H17NO4S/c1-10(17)21-9-11-6-15(18)16(8-11)12-2-3-13-14(7-12)20-5-4-19-13/h2-3,7,11H,4-6,8-9H2,1H3. The second kappa shape index (κ2) is 5.97. The molecule has 1 saturated heterocycles. The van der Waals surface area contributed by atoms with Gasteiger partial charge in [-0.15, -0.1) is 0 Å². The van der Waals surface area contributed by atoms with Crippen LogP contribution < -0.4 is 14.4 Å². The summed E-state index contributed by atoms with van der Waals surface area (Å²) < 4.78 is 11.0. The molecule has 0 aromatic heterocycles. The van der Waals surface area contributed by atoms with Gasteiger partial charge in [0.15, 0.2) is 16.6 Å². The van der Waals surface area contributed by atoms with E-state index in [2.05, 4.69) is 0 Å². The second-order valence-electron chi connectivity index (χ2n) is 5.21. The van der Waals surface area contributed by atoms with Gasteiger partial charge in [0.25, 0.3) is 0 Å². The van der Waals surface area contributed by atoms with Gasteiger partial charge in [-0.05, 0) is 18.1 Å². The van der Waals surface area contributed by atoms with Gasteiger partial charge >= 0.3 is 0 Å². The number of hydrogen-bond donors (Lipinski definition) is 0. The number of rotatable bonds is 3. The maximum atomic E-state index is 12.2. The van der Waals surface area contributed by atoms with E-state index in [0.717, 1.165) is 11.4 Å². The van der Waals surface area contributed by atoms with E-state index in [1.165, 1.54) is 11.8 Å². The van der Waals surface area contributed by atoms with Gasteiger partial charge in [-0.3, -0.25) is 9.59 Å². The highest BCUT2D eigenvalue weighted by atomic mass is 32.2. The molecule has 1 amide bonds. The first kappa shape index (κ1) is 14.3. The third-order valence-corrected chi connectivity index (χ3v) is 4.61. The summed E-state index contributed by atoms with van der Waals surface area (Å²) in [7, 11) is 0. The van der Waals surface area contributed by atoms with Gasteiger partial charge in [0.2, 0.25) is 5.91 Å². The predicted octanol–water partition coefficient (Wildman–Crippen LogP) is 2.09. The van der Waals surface area contributed by atoms with Crippen molar-refractivity contribution in [1.29, 1.82) is 0 Å². The van der Waals surface area contributed by atoms with Crippen LogP contribution in [0.1, 0.15) is 13.3 Å². The van der Waals surface area contributed by atoms with Crippen LogP contribution in [0, 0.1) is 5.92 Å². The minimum Gasteiger partial charge on any atom is -0.486 e. The Morgan fingerprint density at radius 1 is 1.33 bits per heavy atom. The summed E-state index contributed by atoms with van der Waals surface area (Å²) in [6.45, 7) is 3.29. The van der Waals surface area contributed by atoms with Crippen molar-refractivity contribution < 1.29 is 19.1 Å². The largest absolute Gasteiger partial charge is 0.486 e. The van der Waals surface area contributed by atoms with Gasteiger partial charge in [0.1, 0.15) is 13.2 Å². The first-order valence-corrected chi connectivity index (χ1v) is 7.95. The van der Waals surface area contributed by atoms with Crippen LogP contribution in [-0.4, -0.2) is 36.5 Å². The molecule has 2 heterocycles. The van der Waals surface area contributed by atoms with E-state index in [1.807, 2.05) is 18.2 Å². The molecule has 1 aromatic carbocycles. The fourth-order valence-corrected chi connectivity index (χ4v) is 3.27. The molecule has 0 bridgehead atoms. The van der Waals surface area contributed by atoms with Gasteiger partial charge < -0.3 is 14.4 Å². The number of hydrogen-bond acceptors (Lipinski definition) is 5. The van der Waals surface area contributed by atoms with Crippen LogP contribution in [0.15, 0.2) is 18.2 Å². The van der Waals surface area contributed by atoms with Crippen LogP contribution in [-0.2, 0) is 9.59 Å². The molecule has 2 aliphatic heterocycles. The molecule has 3 rings (SSSR count). The van der Waals surface area contributed by atoms with E-state index in [0.29, 0.717) is 37.7 Å². The van der Waals surface area contributed by atoms with Crippen molar-refractivity contribution in [2.24, 2.45) is 5.92 Å². The van der Waals surface area contributed by atoms with E-state index < -0.39 is 0 Å². The SMILES string of the molecule is CC(=O)SCC1CC(=O)N(c2ccc3c(c2)OCCO3)C1. The van der Waals surface area contributed by atoms with Crippen molar-refractivity contribution in [3.05, 3.63) is 18.2 Å². The molecule has 0 spiro atoms. The Hall–Kier alpha value is -1.69. The number of amides is 1. The van der Waals surface area contributed by atoms with Crippen molar-refractivity contribution >= 4 is 28.5 Å². The molecule has 2 aliphatic rings. The molecular formula is C15H17NO4S. The number of fused-ring (bicyclic) bond motifs is 1. The van der Waals surface area contributed by atoms with E-state index >= 15 is 0 Å². The molecule has 0 radical (unpaired) electrons. The number of anilines is 1. The van der Waals surface area contributed by atoms with Crippen molar-refractivity contribution in [2.45, 2.75) is 13.3 Å². The van der Waals surface area contributed by atoms with Crippen LogP contribution in [0.4, 0.5) is 5.69 Å². The summed E-state index contributed by atoms with van der Waals surface area (Å²) in [6.07, 6.45) is 0.495. The van der Waals surface area contributed by atoms with Gasteiger partial charge in [0, 0.05) is 37.4 Å². The minimum absolute atomic E-state index is 0.0974. The quantitative estimate of drug-likeness (QED) is 0.856. The first-order chi connectivity index (χ1) is 10.1. The molecule has 6 heteroatoms. The highest BCUT2D eigenvalue weighted by molar-refractivity contribution is 8.13. The summed E-state index contributed by atoms with van der Waals surface area (Å²) in [6, 6.07) is 5.58. The zero-order valence-electron chi connectivity index (χ0n) is 11.8. The molecule has 0 aliphatic carbocycles. The van der Waals surface area contributed by atoms with Crippen LogP contribution in [0.2, 0.25) is 0 Å². The summed E-state index contributed by atoms with van der Waals surface area (Å²) in [5.74, 6) is 2.43. The van der Waals surface area contributed by atoms with Crippen LogP contribution in [0.3, 0.4) is 0 Å². The van der Waals surface area contributed by atoms with Crippen molar-refractivity contribution in [1.82, 2.24) is 0 Å². The van der Waals surface area contributed by atoms with Gasteiger partial charge in [0.05, 0.1) is 0 Å². The molecule has 1 atom stereocenters. The molecular weight excluding hydrogens is 290 g/mol. The lowest BCUT2D eigenvalue weighted by molar-refractivity contribution is -0.117. The summed E-state index contributed by atoms with van der Waals surface area (Å²) in [4.78, 5) is 25.0. The third kappa shape index (κ3) is 3.15. The van der Waals surface area contributed by atoms with Gasteiger partial charge in [-0.2, -0.15) is 0 Å². The average molecular weight is 307 g/mol. The summed E-state index contributed by atoms with van der Waals surface area (Å²) >= 11 is 1.29. The minimum atomic E-state index is 0.0974. The lowest BCUT2D eigenvalue weighted by Gasteiger charge is -2.22. The van der Waals surface area contributed by atoms with Crippen LogP contribution in [0.5, 0.6) is 11.5 Å². The zero-order valence-corrected chi connectivity index (χ0v) is 12.6. The number of ether oxygens (including phenoxy) is 2. The van der Waals surface area contributed by atoms with Crippen molar-refractivity contribution in [2.75, 3.05) is 30.4 Å². The fourth-order valence-electron chi connectivity index (χ4n) is 2.58. The molecule has 1 unspecified atom stereocenters. The molecule has 1 aromatic rings. The number of nitrogens with zero attached hydrogens (tertiary/aromatic N) is 1. The van der Waals surface area contributed by atoms with Gasteiger partial charge in [-0.25, -0.2) is 0 Å². The lowest BCUT2D eigenvalue weighted by Crippen LogP contribution is -2.25. The number of carbonyl (C=O) groups is 2.